The third-order valence-corrected chi connectivity index (χ3v) is 3.79. The van der Waals surface area contributed by atoms with Gasteiger partial charge in [-0.05, 0) is 27.7 Å². The molecular weight excluding hydrogens is 198 g/mol. The first-order chi connectivity index (χ1) is 6.46. The fourth-order valence-electron chi connectivity index (χ4n) is 1.68. The molecule has 0 bridgehead atoms. The predicted octanol–water partition coefficient (Wildman–Crippen LogP) is 1.72. The molecule has 0 aliphatic carbocycles. The molecule has 0 radical (unpaired) electrons. The predicted molar refractivity (Wildman–Crippen MR) is 59.3 cm³/mol. The molecule has 0 amide bonds. The molecule has 1 aliphatic rings. The second kappa shape index (κ2) is 4.53. The molecule has 3 nitrogen and oxygen atoms in total. The van der Waals surface area contributed by atoms with E-state index in [1.165, 1.54) is 0 Å². The van der Waals surface area contributed by atoms with Gasteiger partial charge < -0.3 is 4.74 Å². The van der Waals surface area contributed by atoms with E-state index in [2.05, 4.69) is 32.6 Å². The van der Waals surface area contributed by atoms with Crippen molar-refractivity contribution in [1.29, 1.82) is 0 Å². The van der Waals surface area contributed by atoms with Crippen LogP contribution in [0.15, 0.2) is 0 Å². The smallest absolute Gasteiger partial charge is 0.294 e. The fraction of sp³-hybridized carbons (Fsp3) is 0.900. The van der Waals surface area contributed by atoms with Gasteiger partial charge in [0.1, 0.15) is 0 Å². The summed E-state index contributed by atoms with van der Waals surface area (Å²) in [6.45, 7) is 10.2. The summed E-state index contributed by atoms with van der Waals surface area (Å²) >= 11 is 1.86. The van der Waals surface area contributed by atoms with Crippen molar-refractivity contribution >= 4 is 18.2 Å². The standard InChI is InChI=1S/C10H19NO2S/c1-8(2)11-6-10(3,4)14-5-9(11)13-7-12/h7-9H,5-6H2,1-4H3. The van der Waals surface area contributed by atoms with Crippen LogP contribution in [0.3, 0.4) is 0 Å². The summed E-state index contributed by atoms with van der Waals surface area (Å²) in [5, 5.41) is 0. The van der Waals surface area contributed by atoms with Gasteiger partial charge in [0.2, 0.25) is 0 Å². The van der Waals surface area contributed by atoms with Gasteiger partial charge in [-0.15, -0.1) is 11.8 Å². The lowest BCUT2D eigenvalue weighted by atomic mass is 10.1. The van der Waals surface area contributed by atoms with Crippen LogP contribution < -0.4 is 0 Å². The molecule has 1 heterocycles. The molecule has 1 aliphatic heterocycles. The minimum absolute atomic E-state index is 0.0504. The van der Waals surface area contributed by atoms with E-state index in [1.54, 1.807) is 0 Å². The summed E-state index contributed by atoms with van der Waals surface area (Å²) in [5.41, 5.74) is 0. The maximum Gasteiger partial charge on any atom is 0.294 e. The van der Waals surface area contributed by atoms with Gasteiger partial charge in [0.25, 0.3) is 6.47 Å². The van der Waals surface area contributed by atoms with Gasteiger partial charge in [-0.25, -0.2) is 0 Å². The Morgan fingerprint density at radius 1 is 1.57 bits per heavy atom. The van der Waals surface area contributed by atoms with Crippen LogP contribution >= 0.6 is 11.8 Å². The molecule has 0 saturated carbocycles. The van der Waals surface area contributed by atoms with Crippen LogP contribution in [0.5, 0.6) is 0 Å². The maximum absolute atomic E-state index is 10.3. The largest absolute Gasteiger partial charge is 0.448 e. The van der Waals surface area contributed by atoms with E-state index in [0.717, 1.165) is 12.3 Å². The highest BCUT2D eigenvalue weighted by Gasteiger charge is 2.35. The van der Waals surface area contributed by atoms with E-state index in [-0.39, 0.29) is 11.0 Å². The first-order valence-corrected chi connectivity index (χ1v) is 5.93. The molecule has 1 fully saturated rings. The monoisotopic (exact) mass is 217 g/mol. The second-order valence-electron chi connectivity index (χ2n) is 4.52. The van der Waals surface area contributed by atoms with Crippen LogP contribution in [-0.4, -0.2) is 40.7 Å². The Morgan fingerprint density at radius 2 is 2.21 bits per heavy atom. The Bertz CT molecular complexity index is 206. The van der Waals surface area contributed by atoms with Crippen molar-refractivity contribution in [2.75, 3.05) is 12.3 Å². The number of rotatable bonds is 3. The third kappa shape index (κ3) is 2.89. The van der Waals surface area contributed by atoms with Crippen molar-refractivity contribution in [3.8, 4) is 0 Å². The summed E-state index contributed by atoms with van der Waals surface area (Å²) < 4.78 is 5.33. The Balaban J connectivity index is 2.65. The van der Waals surface area contributed by atoms with Crippen LogP contribution in [-0.2, 0) is 9.53 Å². The number of hydrogen-bond acceptors (Lipinski definition) is 4. The van der Waals surface area contributed by atoms with Crippen molar-refractivity contribution < 1.29 is 9.53 Å². The van der Waals surface area contributed by atoms with Crippen LogP contribution in [0.2, 0.25) is 0 Å². The lowest BCUT2D eigenvalue weighted by Gasteiger charge is -2.43. The van der Waals surface area contributed by atoms with Gasteiger partial charge in [-0.2, -0.15) is 0 Å². The van der Waals surface area contributed by atoms with Gasteiger partial charge in [0.15, 0.2) is 6.23 Å². The Morgan fingerprint density at radius 3 is 2.71 bits per heavy atom. The van der Waals surface area contributed by atoms with Crippen molar-refractivity contribution in [3.05, 3.63) is 0 Å². The number of ether oxygens (including phenoxy) is 1. The summed E-state index contributed by atoms with van der Waals surface area (Å²) in [7, 11) is 0. The van der Waals surface area contributed by atoms with Gasteiger partial charge in [0, 0.05) is 23.1 Å². The topological polar surface area (TPSA) is 29.5 Å². The fourth-order valence-corrected chi connectivity index (χ4v) is 2.78. The second-order valence-corrected chi connectivity index (χ2v) is 6.25. The minimum atomic E-state index is -0.0504. The summed E-state index contributed by atoms with van der Waals surface area (Å²) in [6.07, 6.45) is -0.0504. The van der Waals surface area contributed by atoms with Gasteiger partial charge >= 0.3 is 0 Å². The van der Waals surface area contributed by atoms with E-state index in [9.17, 15) is 4.79 Å². The number of carbonyl (C=O) groups excluding carboxylic acids is 1. The molecule has 0 N–H and O–H groups in total. The SMILES string of the molecule is CC(C)N1CC(C)(C)SCC1OC=O. The first-order valence-electron chi connectivity index (χ1n) is 4.95. The highest BCUT2D eigenvalue weighted by atomic mass is 32.2. The van der Waals surface area contributed by atoms with E-state index in [1.807, 2.05) is 11.8 Å². The Kier molecular flexibility index (Phi) is 3.84. The maximum atomic E-state index is 10.3. The van der Waals surface area contributed by atoms with Crippen LogP contribution in [0.1, 0.15) is 27.7 Å². The molecule has 1 rings (SSSR count). The Hall–Kier alpha value is -0.220. The summed E-state index contributed by atoms with van der Waals surface area (Å²) in [5.74, 6) is 0.865. The lowest BCUT2D eigenvalue weighted by Crippen LogP contribution is -2.53. The summed E-state index contributed by atoms with van der Waals surface area (Å²) in [4.78, 5) is 12.6. The zero-order chi connectivity index (χ0) is 10.8. The van der Waals surface area contributed by atoms with Gasteiger partial charge in [-0.1, -0.05) is 0 Å². The zero-order valence-corrected chi connectivity index (χ0v) is 10.1. The number of nitrogens with zero attached hydrogens (tertiary/aromatic N) is 1. The summed E-state index contributed by atoms with van der Waals surface area (Å²) in [6, 6.07) is 0.417. The van der Waals surface area contributed by atoms with Crippen LogP contribution in [0, 0.1) is 0 Å². The molecule has 1 atom stereocenters. The zero-order valence-electron chi connectivity index (χ0n) is 9.32. The van der Waals surface area contributed by atoms with E-state index >= 15 is 0 Å². The van der Waals surface area contributed by atoms with E-state index in [0.29, 0.717) is 12.5 Å². The highest BCUT2D eigenvalue weighted by molar-refractivity contribution is 8.00. The van der Waals surface area contributed by atoms with Crippen LogP contribution in [0.4, 0.5) is 0 Å². The third-order valence-electron chi connectivity index (χ3n) is 2.43. The molecule has 4 heteroatoms. The van der Waals surface area contributed by atoms with Crippen molar-refractivity contribution in [2.24, 2.45) is 0 Å². The average Bonchev–Trinajstić information content (AvgIpc) is 2.08. The molecular formula is C10H19NO2S. The van der Waals surface area contributed by atoms with Crippen molar-refractivity contribution in [1.82, 2.24) is 4.90 Å². The number of carbonyl (C=O) groups is 1. The minimum Gasteiger partial charge on any atom is -0.448 e. The molecule has 0 spiro atoms. The van der Waals surface area contributed by atoms with Crippen molar-refractivity contribution in [3.63, 3.8) is 0 Å². The molecule has 82 valence electrons. The number of thioether (sulfide) groups is 1. The first kappa shape index (κ1) is 11.9. The van der Waals surface area contributed by atoms with Crippen molar-refractivity contribution in [2.45, 2.75) is 44.7 Å². The molecule has 1 unspecified atom stereocenters. The molecule has 0 aromatic carbocycles. The normalized spacial score (nSPS) is 27.6. The van der Waals surface area contributed by atoms with Gasteiger partial charge in [0.05, 0.1) is 0 Å². The lowest BCUT2D eigenvalue weighted by molar-refractivity contribution is -0.143. The quantitative estimate of drug-likeness (QED) is 0.673. The van der Waals surface area contributed by atoms with E-state index in [4.69, 9.17) is 4.74 Å². The van der Waals surface area contributed by atoms with E-state index < -0.39 is 0 Å². The van der Waals surface area contributed by atoms with Crippen LogP contribution in [0.25, 0.3) is 0 Å². The Labute approximate surface area is 90.2 Å². The molecule has 14 heavy (non-hydrogen) atoms. The molecule has 0 aromatic heterocycles. The van der Waals surface area contributed by atoms with Gasteiger partial charge in [-0.3, -0.25) is 9.69 Å². The number of hydrogen-bond donors (Lipinski definition) is 0. The molecule has 0 aromatic rings. The molecule has 1 saturated heterocycles. The highest BCUT2D eigenvalue weighted by Crippen LogP contribution is 2.33. The average molecular weight is 217 g/mol.